The second kappa shape index (κ2) is 6.00. The maximum absolute atomic E-state index is 12.5. The molecule has 0 aromatic heterocycles. The smallest absolute Gasteiger partial charge is 0.243 e. The van der Waals surface area contributed by atoms with E-state index in [9.17, 15) is 14.4 Å². The minimum absolute atomic E-state index is 0.0198. The summed E-state index contributed by atoms with van der Waals surface area (Å²) in [6.07, 6.45) is 0. The molecule has 0 unspecified atom stereocenters. The highest BCUT2D eigenvalue weighted by Crippen LogP contribution is 2.34. The third-order valence-electron chi connectivity index (χ3n) is 3.92. The molecule has 1 aromatic carbocycles. The van der Waals surface area contributed by atoms with Gasteiger partial charge in [0.05, 0.1) is 11.4 Å². The van der Waals surface area contributed by atoms with Crippen molar-refractivity contribution in [2.75, 3.05) is 30.3 Å². The number of benzene rings is 1. The first-order valence-corrected chi connectivity index (χ1v) is 8.16. The number of para-hydroxylation sites is 1. The van der Waals surface area contributed by atoms with Gasteiger partial charge < -0.3 is 15.1 Å². The molecule has 2 aliphatic rings. The molecule has 0 radical (unpaired) electrons. The molecule has 1 N–H and O–H groups in total. The Hall–Kier alpha value is -2.02. The Labute approximate surface area is 132 Å². The van der Waals surface area contributed by atoms with Crippen LogP contribution < -0.4 is 10.2 Å². The van der Waals surface area contributed by atoms with Crippen molar-refractivity contribution in [1.29, 1.82) is 0 Å². The zero-order valence-electron chi connectivity index (χ0n) is 12.2. The molecule has 22 heavy (non-hydrogen) atoms. The fraction of sp³-hybridized carbons (Fsp3) is 0.400. The van der Waals surface area contributed by atoms with Gasteiger partial charge in [-0.05, 0) is 19.1 Å². The van der Waals surface area contributed by atoms with Crippen LogP contribution >= 0.6 is 11.8 Å². The first-order valence-electron chi connectivity index (χ1n) is 7.17. The average molecular weight is 319 g/mol. The minimum Gasteiger partial charge on any atom is -0.353 e. The number of nitrogens with one attached hydrogen (secondary N) is 1. The molecule has 116 valence electrons. The molecule has 1 aromatic rings. The van der Waals surface area contributed by atoms with Crippen LogP contribution in [0.3, 0.4) is 0 Å². The van der Waals surface area contributed by atoms with Crippen molar-refractivity contribution in [2.24, 2.45) is 0 Å². The quantitative estimate of drug-likeness (QED) is 0.860. The second-order valence-electron chi connectivity index (χ2n) is 5.29. The fourth-order valence-electron chi connectivity index (χ4n) is 2.68. The highest BCUT2D eigenvalue weighted by atomic mass is 32.2. The highest BCUT2D eigenvalue weighted by Gasteiger charge is 2.33. The number of thioether (sulfide) groups is 1. The van der Waals surface area contributed by atoms with E-state index in [2.05, 4.69) is 5.32 Å². The maximum Gasteiger partial charge on any atom is 0.243 e. The third kappa shape index (κ3) is 2.68. The van der Waals surface area contributed by atoms with E-state index in [1.807, 2.05) is 24.3 Å². The lowest BCUT2D eigenvalue weighted by atomic mass is 10.2. The summed E-state index contributed by atoms with van der Waals surface area (Å²) in [5.41, 5.74) is 0.770. The Balaban J connectivity index is 1.79. The van der Waals surface area contributed by atoms with Gasteiger partial charge >= 0.3 is 0 Å². The zero-order valence-corrected chi connectivity index (χ0v) is 13.1. The molecule has 2 heterocycles. The van der Waals surface area contributed by atoms with Crippen LogP contribution in [0.1, 0.15) is 6.92 Å². The molecule has 1 saturated heterocycles. The van der Waals surface area contributed by atoms with E-state index < -0.39 is 6.04 Å². The van der Waals surface area contributed by atoms with E-state index in [-0.39, 0.29) is 24.3 Å². The van der Waals surface area contributed by atoms with Gasteiger partial charge in [-0.3, -0.25) is 14.4 Å². The third-order valence-corrected chi connectivity index (χ3v) is 4.97. The van der Waals surface area contributed by atoms with E-state index in [0.29, 0.717) is 18.8 Å². The van der Waals surface area contributed by atoms with Crippen LogP contribution in [0.15, 0.2) is 29.2 Å². The van der Waals surface area contributed by atoms with Crippen molar-refractivity contribution in [2.45, 2.75) is 17.9 Å². The Morgan fingerprint density at radius 2 is 2.14 bits per heavy atom. The zero-order chi connectivity index (χ0) is 15.7. The maximum atomic E-state index is 12.5. The van der Waals surface area contributed by atoms with Crippen molar-refractivity contribution in [3.8, 4) is 0 Å². The summed E-state index contributed by atoms with van der Waals surface area (Å²) in [5, 5.41) is 2.73. The van der Waals surface area contributed by atoms with E-state index in [4.69, 9.17) is 0 Å². The average Bonchev–Trinajstić information content (AvgIpc) is 2.52. The van der Waals surface area contributed by atoms with Crippen LogP contribution in [-0.4, -0.2) is 54.1 Å². The standard InChI is InChI=1S/C15H17N3O3S/c1-10-15(21)16-6-7-17(10)13(19)8-18-11-4-2-3-5-12(11)22-9-14(18)20/h2-5,10H,6-9H2,1H3,(H,16,21)/t10-/m0/s1. The number of amides is 3. The fourth-order valence-corrected chi connectivity index (χ4v) is 3.61. The lowest BCUT2D eigenvalue weighted by molar-refractivity contribution is -0.141. The van der Waals surface area contributed by atoms with Crippen molar-refractivity contribution in [1.82, 2.24) is 10.2 Å². The Kier molecular flexibility index (Phi) is 4.06. The van der Waals surface area contributed by atoms with Crippen LogP contribution in [0.25, 0.3) is 0 Å². The van der Waals surface area contributed by atoms with Gasteiger partial charge in [0.25, 0.3) is 0 Å². The van der Waals surface area contributed by atoms with E-state index in [0.717, 1.165) is 10.6 Å². The molecule has 6 nitrogen and oxygen atoms in total. The molecular formula is C15H17N3O3S. The highest BCUT2D eigenvalue weighted by molar-refractivity contribution is 8.00. The minimum atomic E-state index is -0.495. The largest absolute Gasteiger partial charge is 0.353 e. The first-order chi connectivity index (χ1) is 10.6. The van der Waals surface area contributed by atoms with Crippen LogP contribution in [-0.2, 0) is 14.4 Å². The van der Waals surface area contributed by atoms with Crippen LogP contribution in [0.5, 0.6) is 0 Å². The van der Waals surface area contributed by atoms with Crippen LogP contribution in [0.2, 0.25) is 0 Å². The molecule has 1 fully saturated rings. The van der Waals surface area contributed by atoms with Crippen LogP contribution in [0, 0.1) is 0 Å². The normalized spacial score (nSPS) is 21.4. The van der Waals surface area contributed by atoms with Gasteiger partial charge in [0, 0.05) is 18.0 Å². The van der Waals surface area contributed by atoms with Crippen molar-refractivity contribution in [3.63, 3.8) is 0 Å². The summed E-state index contributed by atoms with van der Waals surface area (Å²) in [4.78, 5) is 40.4. The molecule has 2 aliphatic heterocycles. The molecule has 7 heteroatoms. The molecule has 3 amide bonds. The second-order valence-corrected chi connectivity index (χ2v) is 6.31. The topological polar surface area (TPSA) is 69.7 Å². The number of hydrogen-bond acceptors (Lipinski definition) is 4. The molecule has 0 spiro atoms. The summed E-state index contributed by atoms with van der Waals surface area (Å²) < 4.78 is 0. The molecule has 1 atom stereocenters. The number of piperazine rings is 1. The Morgan fingerprint density at radius 3 is 2.95 bits per heavy atom. The van der Waals surface area contributed by atoms with Crippen LogP contribution in [0.4, 0.5) is 5.69 Å². The number of anilines is 1. The van der Waals surface area contributed by atoms with E-state index in [1.54, 1.807) is 6.92 Å². The van der Waals surface area contributed by atoms with Gasteiger partial charge in [-0.2, -0.15) is 0 Å². The molecule has 3 rings (SSSR count). The molecule has 0 saturated carbocycles. The summed E-state index contributed by atoms with van der Waals surface area (Å²) in [6, 6.07) is 7.07. The summed E-state index contributed by atoms with van der Waals surface area (Å²) in [6.45, 7) is 2.61. The number of nitrogens with zero attached hydrogens (tertiary/aromatic N) is 2. The Morgan fingerprint density at radius 1 is 1.36 bits per heavy atom. The van der Waals surface area contributed by atoms with E-state index in [1.165, 1.54) is 21.6 Å². The predicted octanol–water partition coefficient (Wildman–Crippen LogP) is 0.472. The molecule has 0 aliphatic carbocycles. The number of carbonyl (C=O) groups excluding carboxylic acids is 3. The number of rotatable bonds is 2. The van der Waals surface area contributed by atoms with Gasteiger partial charge in [0.1, 0.15) is 12.6 Å². The first kappa shape index (κ1) is 14.9. The lowest BCUT2D eigenvalue weighted by Crippen LogP contribution is -2.58. The summed E-state index contributed by atoms with van der Waals surface area (Å²) in [7, 11) is 0. The lowest BCUT2D eigenvalue weighted by Gasteiger charge is -2.35. The SMILES string of the molecule is C[C@H]1C(=O)NCCN1C(=O)CN1C(=O)CSc2ccccc21. The van der Waals surface area contributed by atoms with Gasteiger partial charge in [-0.1, -0.05) is 12.1 Å². The summed E-state index contributed by atoms with van der Waals surface area (Å²) >= 11 is 1.48. The van der Waals surface area contributed by atoms with Crippen molar-refractivity contribution >= 4 is 35.2 Å². The van der Waals surface area contributed by atoms with Gasteiger partial charge in [-0.25, -0.2) is 0 Å². The number of carbonyl (C=O) groups is 3. The predicted molar refractivity (Wildman–Crippen MR) is 83.7 cm³/mol. The van der Waals surface area contributed by atoms with Gasteiger partial charge in [-0.15, -0.1) is 11.8 Å². The number of hydrogen-bond donors (Lipinski definition) is 1. The number of fused-ring (bicyclic) bond motifs is 1. The van der Waals surface area contributed by atoms with E-state index >= 15 is 0 Å². The van der Waals surface area contributed by atoms with Gasteiger partial charge in [0.2, 0.25) is 17.7 Å². The summed E-state index contributed by atoms with van der Waals surface area (Å²) in [5.74, 6) is -0.0931. The monoisotopic (exact) mass is 319 g/mol. The van der Waals surface area contributed by atoms with Crippen molar-refractivity contribution in [3.05, 3.63) is 24.3 Å². The molecule has 0 bridgehead atoms. The molecular weight excluding hydrogens is 302 g/mol. The Bertz CT molecular complexity index is 634. The van der Waals surface area contributed by atoms with Gasteiger partial charge in [0.15, 0.2) is 0 Å². The van der Waals surface area contributed by atoms with Crippen molar-refractivity contribution < 1.29 is 14.4 Å².